The van der Waals surface area contributed by atoms with Crippen molar-refractivity contribution in [3.8, 4) is 0 Å². The van der Waals surface area contributed by atoms with Crippen molar-refractivity contribution >= 4 is 0 Å². The second kappa shape index (κ2) is 28.6. The summed E-state index contributed by atoms with van der Waals surface area (Å²) < 4.78 is 35.6. The van der Waals surface area contributed by atoms with E-state index in [1.54, 1.807) is 7.11 Å². The first kappa shape index (κ1) is 33.1. The number of nitrogens with zero attached hydrogens (tertiary/aromatic N) is 1. The van der Waals surface area contributed by atoms with Crippen molar-refractivity contribution in [2.24, 2.45) is 0 Å². The summed E-state index contributed by atoms with van der Waals surface area (Å²) in [6, 6.07) is 4.14. The van der Waals surface area contributed by atoms with E-state index in [4.69, 9.17) is 28.4 Å². The highest BCUT2D eigenvalue weighted by Crippen LogP contribution is 2.01. The molecule has 7 nitrogen and oxygen atoms in total. The van der Waals surface area contributed by atoms with E-state index in [1.165, 1.54) is 6.42 Å². The molecule has 0 fully saturated rings. The van der Waals surface area contributed by atoms with Gasteiger partial charge in [-0.3, -0.25) is 0 Å². The Hall–Kier alpha value is -0.960. The molecule has 0 amide bonds. The Morgan fingerprint density at radius 1 is 0.389 bits per heavy atom. The smallest absolute Gasteiger partial charge is 0.0466 e. The number of rotatable bonds is 30. The lowest BCUT2D eigenvalue weighted by molar-refractivity contribution is 0.0808. The molecular weight excluding hydrogens is 458 g/mol. The van der Waals surface area contributed by atoms with Crippen molar-refractivity contribution in [2.75, 3.05) is 79.8 Å². The molecule has 0 saturated carbocycles. The predicted molar refractivity (Wildman–Crippen MR) is 146 cm³/mol. The molecule has 0 unspecified atom stereocenters. The molecule has 0 spiro atoms. The molecule has 0 aromatic carbocycles. The van der Waals surface area contributed by atoms with Gasteiger partial charge in [-0.2, -0.15) is 0 Å². The van der Waals surface area contributed by atoms with E-state index in [-0.39, 0.29) is 0 Å². The van der Waals surface area contributed by atoms with E-state index in [9.17, 15) is 0 Å². The van der Waals surface area contributed by atoms with Crippen LogP contribution < -0.4 is 0 Å². The van der Waals surface area contributed by atoms with Crippen LogP contribution in [-0.4, -0.2) is 84.4 Å². The maximum absolute atomic E-state index is 5.71. The lowest BCUT2D eigenvalue weighted by Crippen LogP contribution is -2.04. The van der Waals surface area contributed by atoms with Crippen LogP contribution in [0.25, 0.3) is 0 Å². The summed E-state index contributed by atoms with van der Waals surface area (Å²) in [5, 5.41) is 0. The normalized spacial score (nSPS) is 11.5. The second-order valence-corrected chi connectivity index (χ2v) is 9.22. The summed E-state index contributed by atoms with van der Waals surface area (Å²) in [5.74, 6) is 0. The molecule has 1 heterocycles. The van der Waals surface area contributed by atoms with Gasteiger partial charge in [-0.05, 0) is 89.2 Å². The molecule has 1 aromatic rings. The standard InChI is InChI=1S/C29H55NO6/c1-31-19-6-7-21-33-23-10-11-25-35-27-14-15-29-36-28-13-12-26-34-24-9-8-22-32-20-5-4-18-30-16-2-3-17-30/h2-3,16-17H,4-15,18-29H2,1H3. The highest BCUT2D eigenvalue weighted by atomic mass is 16.5. The number of hydrogen-bond donors (Lipinski definition) is 0. The van der Waals surface area contributed by atoms with Gasteiger partial charge >= 0.3 is 0 Å². The van der Waals surface area contributed by atoms with Crippen LogP contribution in [0.1, 0.15) is 77.0 Å². The maximum atomic E-state index is 5.71. The van der Waals surface area contributed by atoms with Gasteiger partial charge in [0.05, 0.1) is 0 Å². The highest BCUT2D eigenvalue weighted by Gasteiger charge is 1.96. The maximum Gasteiger partial charge on any atom is 0.0466 e. The first-order valence-corrected chi connectivity index (χ1v) is 14.4. The Morgan fingerprint density at radius 2 is 0.667 bits per heavy atom. The first-order valence-electron chi connectivity index (χ1n) is 14.4. The third-order valence-electron chi connectivity index (χ3n) is 5.82. The summed E-state index contributed by atoms with van der Waals surface area (Å²) >= 11 is 0. The average Bonchev–Trinajstić information content (AvgIpc) is 3.41. The van der Waals surface area contributed by atoms with Crippen LogP contribution in [0, 0.1) is 0 Å². The highest BCUT2D eigenvalue weighted by molar-refractivity contribution is 4.89. The fourth-order valence-electron chi connectivity index (χ4n) is 3.61. The molecule has 0 saturated heterocycles. The van der Waals surface area contributed by atoms with Gasteiger partial charge in [0.25, 0.3) is 0 Å². The molecule has 1 rings (SSSR count). The van der Waals surface area contributed by atoms with Gasteiger partial charge < -0.3 is 33.0 Å². The zero-order valence-corrected chi connectivity index (χ0v) is 23.2. The van der Waals surface area contributed by atoms with Crippen LogP contribution in [0.3, 0.4) is 0 Å². The van der Waals surface area contributed by atoms with Crippen LogP contribution in [0.2, 0.25) is 0 Å². The van der Waals surface area contributed by atoms with Crippen molar-refractivity contribution in [3.63, 3.8) is 0 Å². The molecule has 1 aromatic heterocycles. The topological polar surface area (TPSA) is 60.3 Å². The summed E-state index contributed by atoms with van der Waals surface area (Å²) in [5.41, 5.74) is 0. The van der Waals surface area contributed by atoms with Crippen molar-refractivity contribution in [3.05, 3.63) is 24.5 Å². The van der Waals surface area contributed by atoms with E-state index in [2.05, 4.69) is 29.1 Å². The predicted octanol–water partition coefficient (Wildman–Crippen LogP) is 5.90. The SMILES string of the molecule is COCCCCOCCCCOCCCCOCCCCOCCCCOCCCCn1cccc1. The quantitative estimate of drug-likeness (QED) is 0.119. The molecule has 0 aliphatic carbocycles. The van der Waals surface area contributed by atoms with Crippen LogP contribution in [0.15, 0.2) is 24.5 Å². The minimum Gasteiger partial charge on any atom is -0.385 e. The number of ether oxygens (including phenoxy) is 6. The molecule has 0 bridgehead atoms. The van der Waals surface area contributed by atoms with Gasteiger partial charge in [0.15, 0.2) is 0 Å². The Balaban J connectivity index is 1.61. The fraction of sp³-hybridized carbons (Fsp3) is 0.862. The summed E-state index contributed by atoms with van der Waals surface area (Å²) in [6.45, 7) is 10.3. The zero-order valence-electron chi connectivity index (χ0n) is 23.2. The molecule has 0 atom stereocenters. The number of aromatic nitrogens is 1. The van der Waals surface area contributed by atoms with Gasteiger partial charge in [-0.25, -0.2) is 0 Å². The zero-order chi connectivity index (χ0) is 25.6. The fourth-order valence-corrected chi connectivity index (χ4v) is 3.61. The lowest BCUT2D eigenvalue weighted by Gasteiger charge is -2.07. The van der Waals surface area contributed by atoms with Crippen molar-refractivity contribution in [1.82, 2.24) is 4.57 Å². The Kier molecular flexibility index (Phi) is 26.3. The monoisotopic (exact) mass is 513 g/mol. The first-order chi connectivity index (χ1) is 17.9. The van der Waals surface area contributed by atoms with Crippen molar-refractivity contribution < 1.29 is 28.4 Å². The van der Waals surface area contributed by atoms with Gasteiger partial charge in [0.2, 0.25) is 0 Å². The number of unbranched alkanes of at least 4 members (excludes halogenated alkanes) is 6. The summed E-state index contributed by atoms with van der Waals surface area (Å²) in [6.07, 6.45) is 17.2. The van der Waals surface area contributed by atoms with Gasteiger partial charge in [-0.1, -0.05) is 0 Å². The lowest BCUT2D eigenvalue weighted by atomic mass is 10.3. The molecule has 0 aliphatic rings. The van der Waals surface area contributed by atoms with E-state index >= 15 is 0 Å². The average molecular weight is 514 g/mol. The molecule has 0 aliphatic heterocycles. The minimum atomic E-state index is 0.825. The third-order valence-corrected chi connectivity index (χ3v) is 5.82. The number of hydrogen-bond acceptors (Lipinski definition) is 6. The third kappa shape index (κ3) is 24.7. The Morgan fingerprint density at radius 3 is 0.972 bits per heavy atom. The number of aryl methyl sites for hydroxylation is 1. The van der Waals surface area contributed by atoms with Gasteiger partial charge in [0.1, 0.15) is 0 Å². The molecule has 0 radical (unpaired) electrons. The molecule has 212 valence electrons. The van der Waals surface area contributed by atoms with Crippen LogP contribution >= 0.6 is 0 Å². The van der Waals surface area contributed by atoms with Crippen LogP contribution in [0.4, 0.5) is 0 Å². The van der Waals surface area contributed by atoms with Crippen molar-refractivity contribution in [1.29, 1.82) is 0 Å². The second-order valence-electron chi connectivity index (χ2n) is 9.22. The van der Waals surface area contributed by atoms with E-state index < -0.39 is 0 Å². The largest absolute Gasteiger partial charge is 0.385 e. The molecule has 7 heteroatoms. The van der Waals surface area contributed by atoms with Crippen LogP contribution in [-0.2, 0) is 35.0 Å². The number of methoxy groups -OCH3 is 1. The minimum absolute atomic E-state index is 0.825. The molecule has 0 N–H and O–H groups in total. The molecular formula is C29H55NO6. The summed E-state index contributed by atoms with van der Waals surface area (Å²) in [4.78, 5) is 0. The Bertz CT molecular complexity index is 514. The van der Waals surface area contributed by atoms with Gasteiger partial charge in [-0.15, -0.1) is 0 Å². The van der Waals surface area contributed by atoms with Crippen LogP contribution in [0.5, 0.6) is 0 Å². The van der Waals surface area contributed by atoms with E-state index in [1.807, 2.05) is 0 Å². The van der Waals surface area contributed by atoms with E-state index in [0.29, 0.717) is 0 Å². The molecule has 36 heavy (non-hydrogen) atoms. The van der Waals surface area contributed by atoms with Crippen molar-refractivity contribution in [2.45, 2.75) is 83.6 Å². The Labute approximate surface area is 221 Å². The summed E-state index contributed by atoms with van der Waals surface area (Å²) in [7, 11) is 1.74. The van der Waals surface area contributed by atoms with Gasteiger partial charge in [0, 0.05) is 98.7 Å². The van der Waals surface area contributed by atoms with E-state index in [0.717, 1.165) is 150 Å².